The number of carbonyl (C=O) groups excluding carboxylic acids is 1. The smallest absolute Gasteiger partial charge is 0.164 e. The van der Waals surface area contributed by atoms with Crippen LogP contribution in [0, 0.1) is 5.41 Å². The van der Waals surface area contributed by atoms with Crippen LogP contribution in [0.4, 0.5) is 0 Å². The van der Waals surface area contributed by atoms with Crippen molar-refractivity contribution < 1.29 is 9.90 Å². The number of azo groups is 1. The van der Waals surface area contributed by atoms with Crippen molar-refractivity contribution >= 4 is 5.78 Å². The molecule has 6 nitrogen and oxygen atoms in total. The van der Waals surface area contributed by atoms with Crippen LogP contribution >= 0.6 is 0 Å². The van der Waals surface area contributed by atoms with E-state index in [0.717, 1.165) is 40.8 Å². The van der Waals surface area contributed by atoms with Crippen molar-refractivity contribution in [2.45, 2.75) is 51.6 Å². The lowest BCUT2D eigenvalue weighted by Crippen LogP contribution is -2.51. The first-order chi connectivity index (χ1) is 14.9. The number of Topliss-reactive ketones (excluding diaryl/α,β-unsaturated/α-hetero) is 1. The second-order valence-corrected chi connectivity index (χ2v) is 9.39. The van der Waals surface area contributed by atoms with Crippen LogP contribution < -0.4 is 5.32 Å². The highest BCUT2D eigenvalue weighted by atomic mass is 16.3. The maximum Gasteiger partial charge on any atom is 0.164 e. The number of nitrogens with one attached hydrogen (secondary N) is 1. The predicted octanol–water partition coefficient (Wildman–Crippen LogP) is 5.02. The Balaban J connectivity index is 1.75. The summed E-state index contributed by atoms with van der Waals surface area (Å²) in [5, 5.41) is 22.5. The lowest BCUT2D eigenvalue weighted by Gasteiger charge is -2.47. The van der Waals surface area contributed by atoms with E-state index in [1.165, 1.54) is 6.20 Å². The number of benzene rings is 1. The van der Waals surface area contributed by atoms with Gasteiger partial charge in [-0.1, -0.05) is 39.0 Å². The lowest BCUT2D eigenvalue weighted by molar-refractivity contribution is -0.119. The summed E-state index contributed by atoms with van der Waals surface area (Å²) in [5.74, 6) is 0.317. The van der Waals surface area contributed by atoms with E-state index in [1.807, 2.05) is 18.3 Å². The van der Waals surface area contributed by atoms with Crippen molar-refractivity contribution in [3.8, 4) is 16.9 Å². The van der Waals surface area contributed by atoms with Crippen molar-refractivity contribution in [1.82, 2.24) is 10.3 Å². The minimum absolute atomic E-state index is 0.0932. The van der Waals surface area contributed by atoms with Gasteiger partial charge in [-0.2, -0.15) is 10.2 Å². The van der Waals surface area contributed by atoms with Gasteiger partial charge in [0, 0.05) is 35.0 Å². The van der Waals surface area contributed by atoms with Gasteiger partial charge >= 0.3 is 0 Å². The standard InChI is InChI=1S/C25H26N4O2/c1-4-25(16-7-5-6-15(10-16)17-8-9-26-14-21(17)31)18-13-27-29-23(18)28-19-11-24(2,3)12-20(30)22(19)25/h5-10,13-14,23,28,31H,4,11-12H2,1-3H3/t23?,25-/m1/s1. The quantitative estimate of drug-likeness (QED) is 0.738. The van der Waals surface area contributed by atoms with Gasteiger partial charge in [0.25, 0.3) is 0 Å². The molecular formula is C25H26N4O2. The third-order valence-corrected chi connectivity index (χ3v) is 6.78. The number of pyridine rings is 1. The fourth-order valence-electron chi connectivity index (χ4n) is 5.47. The van der Waals surface area contributed by atoms with Gasteiger partial charge in [-0.05, 0) is 41.5 Å². The molecule has 2 aromatic rings. The Bertz CT molecular complexity index is 1180. The van der Waals surface area contributed by atoms with E-state index in [1.54, 1.807) is 12.3 Å². The van der Waals surface area contributed by atoms with E-state index in [4.69, 9.17) is 0 Å². The SMILES string of the molecule is CC[C@@]1(c2cccc(-c3ccncc3O)c2)C2=CN=NC2NC2=C1C(=O)CC(C)(C)C2. The number of nitrogens with zero attached hydrogens (tertiary/aromatic N) is 3. The molecule has 31 heavy (non-hydrogen) atoms. The number of carbonyl (C=O) groups is 1. The molecule has 0 radical (unpaired) electrons. The summed E-state index contributed by atoms with van der Waals surface area (Å²) in [7, 11) is 0. The minimum atomic E-state index is -0.596. The third-order valence-electron chi connectivity index (χ3n) is 6.78. The van der Waals surface area contributed by atoms with Gasteiger partial charge in [0.05, 0.1) is 17.8 Å². The van der Waals surface area contributed by atoms with Crippen molar-refractivity contribution in [2.24, 2.45) is 15.6 Å². The molecule has 1 unspecified atom stereocenters. The van der Waals surface area contributed by atoms with E-state index in [2.05, 4.69) is 53.4 Å². The molecule has 1 aromatic carbocycles. The van der Waals surface area contributed by atoms with Crippen LogP contribution in [0.2, 0.25) is 0 Å². The molecule has 3 aliphatic rings. The molecule has 2 N–H and O–H groups in total. The fraction of sp³-hybridized carbons (Fsp3) is 0.360. The summed E-state index contributed by atoms with van der Waals surface area (Å²) in [5.41, 5.74) is 4.79. The van der Waals surface area contributed by atoms with Crippen LogP contribution in [0.1, 0.15) is 45.6 Å². The second kappa shape index (κ2) is 6.87. The normalized spacial score (nSPS) is 26.2. The largest absolute Gasteiger partial charge is 0.506 e. The topological polar surface area (TPSA) is 86.9 Å². The molecule has 1 aromatic heterocycles. The molecule has 0 amide bonds. The van der Waals surface area contributed by atoms with Crippen LogP contribution in [-0.2, 0) is 10.2 Å². The zero-order valence-electron chi connectivity index (χ0n) is 18.0. The molecule has 2 atom stereocenters. The lowest BCUT2D eigenvalue weighted by atomic mass is 9.58. The van der Waals surface area contributed by atoms with Gasteiger partial charge in [0.1, 0.15) is 5.75 Å². The van der Waals surface area contributed by atoms with Crippen LogP contribution in [-0.4, -0.2) is 22.0 Å². The molecule has 0 saturated heterocycles. The summed E-state index contributed by atoms with van der Waals surface area (Å²) in [6.45, 7) is 6.40. The van der Waals surface area contributed by atoms with E-state index in [-0.39, 0.29) is 23.1 Å². The molecule has 6 heteroatoms. The van der Waals surface area contributed by atoms with E-state index < -0.39 is 5.41 Å². The number of fused-ring (bicyclic) bond motifs is 1. The highest BCUT2D eigenvalue weighted by molar-refractivity contribution is 6.01. The number of aromatic nitrogens is 1. The van der Waals surface area contributed by atoms with E-state index in [9.17, 15) is 9.90 Å². The van der Waals surface area contributed by atoms with Crippen molar-refractivity contribution in [2.75, 3.05) is 0 Å². The van der Waals surface area contributed by atoms with Crippen LogP contribution in [0.5, 0.6) is 5.75 Å². The Morgan fingerprint density at radius 3 is 2.84 bits per heavy atom. The Labute approximate surface area is 181 Å². The number of hydrogen-bond donors (Lipinski definition) is 2. The molecule has 3 heterocycles. The molecule has 158 valence electrons. The zero-order chi connectivity index (χ0) is 21.8. The van der Waals surface area contributed by atoms with Crippen molar-refractivity contribution in [3.05, 3.63) is 71.3 Å². The van der Waals surface area contributed by atoms with E-state index in [0.29, 0.717) is 12.0 Å². The van der Waals surface area contributed by atoms with Crippen molar-refractivity contribution in [3.63, 3.8) is 0 Å². The predicted molar refractivity (Wildman–Crippen MR) is 118 cm³/mol. The number of ketones is 1. The average molecular weight is 415 g/mol. The van der Waals surface area contributed by atoms with Gasteiger partial charge in [-0.25, -0.2) is 0 Å². The average Bonchev–Trinajstić information content (AvgIpc) is 3.20. The molecule has 2 aliphatic heterocycles. The Kier molecular flexibility index (Phi) is 4.36. The first-order valence-corrected chi connectivity index (χ1v) is 10.7. The van der Waals surface area contributed by atoms with Gasteiger partial charge in [-0.3, -0.25) is 9.78 Å². The van der Waals surface area contributed by atoms with Gasteiger partial charge in [0.15, 0.2) is 11.9 Å². The van der Waals surface area contributed by atoms with Crippen LogP contribution in [0.3, 0.4) is 0 Å². The number of aromatic hydroxyl groups is 1. The highest BCUT2D eigenvalue weighted by Gasteiger charge is 2.52. The fourth-order valence-corrected chi connectivity index (χ4v) is 5.47. The first-order valence-electron chi connectivity index (χ1n) is 10.7. The summed E-state index contributed by atoms with van der Waals surface area (Å²) in [6.07, 6.45) is 6.73. The third kappa shape index (κ3) is 2.92. The monoisotopic (exact) mass is 414 g/mol. The summed E-state index contributed by atoms with van der Waals surface area (Å²) in [4.78, 5) is 17.5. The molecule has 1 aliphatic carbocycles. The summed E-state index contributed by atoms with van der Waals surface area (Å²) < 4.78 is 0. The highest BCUT2D eigenvalue weighted by Crippen LogP contribution is 2.54. The molecule has 0 fully saturated rings. The van der Waals surface area contributed by atoms with Gasteiger partial charge < -0.3 is 10.4 Å². The molecule has 0 saturated carbocycles. The molecular weight excluding hydrogens is 388 g/mol. The summed E-state index contributed by atoms with van der Waals surface area (Å²) in [6, 6.07) is 9.92. The first kappa shape index (κ1) is 19.7. The van der Waals surface area contributed by atoms with Crippen LogP contribution in [0.25, 0.3) is 11.1 Å². The van der Waals surface area contributed by atoms with E-state index >= 15 is 0 Å². The molecule has 5 rings (SSSR count). The Morgan fingerprint density at radius 2 is 2.06 bits per heavy atom. The second-order valence-electron chi connectivity index (χ2n) is 9.39. The number of allylic oxidation sites excluding steroid dienone is 2. The maximum atomic E-state index is 13.6. The van der Waals surface area contributed by atoms with Crippen molar-refractivity contribution in [1.29, 1.82) is 0 Å². The number of rotatable bonds is 3. The summed E-state index contributed by atoms with van der Waals surface area (Å²) >= 11 is 0. The minimum Gasteiger partial charge on any atom is -0.506 e. The molecule has 0 bridgehead atoms. The Morgan fingerprint density at radius 1 is 1.23 bits per heavy atom. The zero-order valence-corrected chi connectivity index (χ0v) is 18.0. The van der Waals surface area contributed by atoms with Gasteiger partial charge in [-0.15, -0.1) is 0 Å². The van der Waals surface area contributed by atoms with Crippen LogP contribution in [0.15, 0.2) is 76.0 Å². The Hall–Kier alpha value is -3.28. The maximum absolute atomic E-state index is 13.6. The number of hydrogen-bond acceptors (Lipinski definition) is 6. The molecule has 0 spiro atoms. The van der Waals surface area contributed by atoms with Gasteiger partial charge in [0.2, 0.25) is 0 Å².